The monoisotopic (exact) mass is 1950 g/mol. The fraction of sp³-hybridized carbons (Fsp3) is 0.516. The van der Waals surface area contributed by atoms with Crippen molar-refractivity contribution in [3.63, 3.8) is 0 Å². The fourth-order valence-corrected chi connectivity index (χ4v) is 16.1. The first-order valence-corrected chi connectivity index (χ1v) is 48.1. The van der Waals surface area contributed by atoms with Crippen molar-refractivity contribution >= 4 is 122 Å². The van der Waals surface area contributed by atoms with Crippen LogP contribution in [-0.2, 0) is 97.1 Å². The number of carbonyl (C=O) groups is 10. The highest BCUT2D eigenvalue weighted by Gasteiger charge is 2.34. The molecule has 8 heterocycles. The Bertz CT molecular complexity index is 5480. The number of nitrogens with zero attached hydrogens (tertiary/aromatic N) is 12. The molecule has 1 atom stereocenters. The summed E-state index contributed by atoms with van der Waals surface area (Å²) in [6, 6.07) is 17.1. The first kappa shape index (κ1) is 108. The number of aliphatic imine (C=N–C) groups is 1. The fourth-order valence-electron chi connectivity index (χ4n) is 14.7. The summed E-state index contributed by atoms with van der Waals surface area (Å²) < 4.78 is 59.8. The van der Waals surface area contributed by atoms with Crippen LogP contribution in [-0.4, -0.2) is 256 Å². The van der Waals surface area contributed by atoms with E-state index in [9.17, 15) is 47.9 Å². The largest absolute Gasteiger partial charge is 0.491 e. The van der Waals surface area contributed by atoms with Gasteiger partial charge in [0, 0.05) is 145 Å². The number of aromatic nitrogens is 11. The van der Waals surface area contributed by atoms with Gasteiger partial charge in [0.15, 0.2) is 23.3 Å². The maximum absolute atomic E-state index is 13.6. The van der Waals surface area contributed by atoms with E-state index < -0.39 is 47.4 Å². The van der Waals surface area contributed by atoms with Gasteiger partial charge in [-0.15, -0.1) is 21.5 Å². The van der Waals surface area contributed by atoms with Crippen molar-refractivity contribution in [3.8, 4) is 10.8 Å². The van der Waals surface area contributed by atoms with Crippen molar-refractivity contribution in [2.45, 2.75) is 149 Å². The van der Waals surface area contributed by atoms with Gasteiger partial charge in [-0.2, -0.15) is 0 Å². The maximum atomic E-state index is 13.6. The molecule has 1 aliphatic heterocycles. The van der Waals surface area contributed by atoms with Crippen molar-refractivity contribution in [2.24, 2.45) is 40.2 Å². The zero-order chi connectivity index (χ0) is 98.5. The van der Waals surface area contributed by atoms with Gasteiger partial charge >= 0.3 is 0 Å². The smallest absolute Gasteiger partial charge is 0.291 e. The highest BCUT2D eigenvalue weighted by molar-refractivity contribution is 7.15. The van der Waals surface area contributed by atoms with E-state index in [4.69, 9.17) is 59.2 Å². The molecule has 0 saturated carbocycles. The molecule has 0 saturated heterocycles. The van der Waals surface area contributed by atoms with Crippen molar-refractivity contribution in [3.05, 3.63) is 159 Å². The summed E-state index contributed by atoms with van der Waals surface area (Å²) in [7, 11) is 7.99. The van der Waals surface area contributed by atoms with E-state index in [1.807, 2.05) is 35.8 Å². The number of rotatable bonds is 65. The molecule has 0 spiro atoms. The lowest BCUT2D eigenvalue weighted by Crippen LogP contribution is -2.33. The normalized spacial score (nSPS) is 12.2. The zero-order valence-electron chi connectivity index (χ0n) is 80.2. The number of benzene rings is 2. The van der Waals surface area contributed by atoms with E-state index >= 15 is 0 Å². The number of hydrogen-bond acceptors (Lipinski definition) is 26. The molecule has 7 aromatic heterocycles. The third-order valence-corrected chi connectivity index (χ3v) is 23.4. The average molecular weight is 1950 g/mol. The van der Waals surface area contributed by atoms with Crippen LogP contribution < -0.4 is 57.9 Å². The highest BCUT2D eigenvalue weighted by atomic mass is 35.5. The molecule has 0 unspecified atom stereocenters. The molecule has 0 fully saturated rings. The van der Waals surface area contributed by atoms with Gasteiger partial charge in [-0.05, 0) is 81.3 Å². The number of aryl methyl sites for hydroxylation is 7. The van der Waals surface area contributed by atoms with Crippen LogP contribution in [0.1, 0.15) is 215 Å². The number of carbonyl (C=O) groups excluding carboxylic acids is 10. The molecule has 10 amide bonds. The van der Waals surface area contributed by atoms with Crippen LogP contribution >= 0.6 is 22.9 Å². The molecular weight excluding hydrogens is 1820 g/mol. The summed E-state index contributed by atoms with van der Waals surface area (Å²) in [6.45, 7) is 14.9. The molecule has 10 N–H and O–H groups in total. The molecule has 0 bridgehead atoms. The minimum atomic E-state index is -0.651. The van der Waals surface area contributed by atoms with Gasteiger partial charge in [-0.1, -0.05) is 108 Å². The van der Waals surface area contributed by atoms with Crippen LogP contribution in [0.25, 0.3) is 5.00 Å². The van der Waals surface area contributed by atoms with Crippen molar-refractivity contribution < 1.29 is 90.6 Å². The van der Waals surface area contributed by atoms with E-state index in [0.717, 1.165) is 57.4 Å². The standard InChI is InChI=1S/C95H131ClN22O19S/c1-10-11-12-13-14-15-16-17-18-19-20-21-22-23-80(120)105-76-62-116(8)88(109-76)93(127)102-70-56-74(113(5)59-70)91(125)99-37-34-82(122)107-78-63-117(9)89(110-78)94(128)103-71-57-75(114(6)60-71)90(124)98-36-33-81(121)106-77-61-115(7)87(108-77)92(126)100-35-32-79(119)97-38-39-129-40-41-130-42-43-131-44-45-132-46-47-133-48-49-134-50-51-135-52-53-136-54-55-137-72-30-28-69(29-31-72)101-83(123)58-73-86-112-111-66(4)118(86)95-84(64(2)65(3)138-95)85(104-73)67-24-26-68(96)27-25-67/h24-31,56-57,59-63,73H,10-23,32-55,58H2,1-9H3,(H,97,119)(H,98,124)(H,99,125)(H,100,126)(H,101,123)(H,102,127)(H,103,128)(H,105,120)(H,106,121)(H,107,122)/t73-/m0/s1. The molecule has 1 aliphatic rings. The molecule has 41 nitrogen and oxygen atoms in total. The second kappa shape index (κ2) is 57.7. The molecule has 748 valence electrons. The van der Waals surface area contributed by atoms with E-state index in [1.165, 1.54) is 118 Å². The Morgan fingerprint density at radius 1 is 0.391 bits per heavy atom. The minimum Gasteiger partial charge on any atom is -0.491 e. The quantitative estimate of drug-likeness (QED) is 0.0158. The number of fused-ring (bicyclic) bond motifs is 3. The Morgan fingerprint density at radius 2 is 0.797 bits per heavy atom. The maximum Gasteiger partial charge on any atom is 0.291 e. The predicted molar refractivity (Wildman–Crippen MR) is 521 cm³/mol. The number of ether oxygens (including phenoxy) is 9. The lowest BCUT2D eigenvalue weighted by atomic mass is 9.99. The first-order valence-electron chi connectivity index (χ1n) is 46.9. The van der Waals surface area contributed by atoms with Gasteiger partial charge in [0.2, 0.25) is 47.0 Å². The van der Waals surface area contributed by atoms with Gasteiger partial charge in [0.05, 0.1) is 129 Å². The summed E-state index contributed by atoms with van der Waals surface area (Å²) in [5.41, 5.74) is 5.34. The van der Waals surface area contributed by atoms with Crippen molar-refractivity contribution in [1.82, 2.24) is 73.8 Å². The van der Waals surface area contributed by atoms with Crippen LogP contribution in [0.2, 0.25) is 5.02 Å². The number of hydrogen-bond donors (Lipinski definition) is 10. The first-order chi connectivity index (χ1) is 66.8. The molecular formula is C95H131ClN22O19S. The van der Waals surface area contributed by atoms with Gasteiger partial charge in [-0.25, -0.2) is 15.0 Å². The highest BCUT2D eigenvalue weighted by Crippen LogP contribution is 2.40. The molecule has 9 aromatic rings. The number of thiophene rings is 1. The van der Waals surface area contributed by atoms with Crippen LogP contribution in [0.4, 0.5) is 34.5 Å². The molecule has 0 aliphatic carbocycles. The third-order valence-electron chi connectivity index (χ3n) is 22.0. The number of nitrogens with one attached hydrogen (secondary N) is 10. The zero-order valence-corrected chi connectivity index (χ0v) is 81.8. The Morgan fingerprint density at radius 3 is 1.25 bits per heavy atom. The number of amides is 10. The Hall–Kier alpha value is -12.4. The van der Waals surface area contributed by atoms with Crippen molar-refractivity contribution in [2.75, 3.05) is 170 Å². The lowest BCUT2D eigenvalue weighted by Gasteiger charge is -2.13. The van der Waals surface area contributed by atoms with Crippen LogP contribution in [0, 0.1) is 20.8 Å². The average Bonchev–Trinajstić information content (AvgIpc) is 1.59. The van der Waals surface area contributed by atoms with Crippen LogP contribution in [0.3, 0.4) is 0 Å². The second-order valence-corrected chi connectivity index (χ2v) is 34.6. The SMILES string of the molecule is CCCCCCCCCCCCCCCC(=O)Nc1cn(C)c(C(=O)Nc2cc(C(=O)NCCC(=O)Nc3cn(C)c(C(=O)Nc4cc(C(=O)NCCC(=O)Nc5cn(C)c(C(=O)NCCC(=O)NCCOCCOCCOCCOCCOCCOCCOCCOCCOc6ccc(NC(=O)C[C@@H]7N=C(c8ccc(Cl)cc8)c8c(sc(C)c8C)-n8c(C)nnc87)cc6)n5)n(C)c4)n3)n(C)c2)n1. The second-order valence-electron chi connectivity index (χ2n) is 33.0. The van der Waals surface area contributed by atoms with Gasteiger partial charge in [0.25, 0.3) is 29.5 Å². The van der Waals surface area contributed by atoms with Crippen LogP contribution in [0.15, 0.2) is 96.6 Å². The number of imidazole rings is 3. The summed E-state index contributed by atoms with van der Waals surface area (Å²) in [4.78, 5) is 150. The summed E-state index contributed by atoms with van der Waals surface area (Å²) in [6.07, 6.45) is 23.4. The third kappa shape index (κ3) is 35.6. The molecule has 43 heteroatoms. The van der Waals surface area contributed by atoms with Gasteiger partial charge in [0.1, 0.15) is 40.6 Å². The molecule has 2 aromatic carbocycles. The van der Waals surface area contributed by atoms with Crippen LogP contribution in [0.5, 0.6) is 5.75 Å². The van der Waals surface area contributed by atoms with Crippen molar-refractivity contribution in [1.29, 1.82) is 0 Å². The van der Waals surface area contributed by atoms with Gasteiger partial charge in [-0.3, -0.25) is 57.5 Å². The number of anilines is 6. The Labute approximate surface area is 811 Å². The van der Waals surface area contributed by atoms with E-state index in [0.29, 0.717) is 140 Å². The number of unbranched alkanes of at least 4 members (excludes halogenated alkanes) is 12. The topological polar surface area (TPSA) is 480 Å². The minimum absolute atomic E-state index is 0.0113. The summed E-state index contributed by atoms with van der Waals surface area (Å²) in [5.74, 6) is -2.19. The summed E-state index contributed by atoms with van der Waals surface area (Å²) in [5, 5.41) is 37.7. The van der Waals surface area contributed by atoms with E-state index in [-0.39, 0.29) is 128 Å². The number of halogens is 1. The summed E-state index contributed by atoms with van der Waals surface area (Å²) >= 11 is 7.92. The molecule has 10 rings (SSSR count). The Balaban J connectivity index is 0.471. The molecule has 138 heavy (non-hydrogen) atoms. The van der Waals surface area contributed by atoms with E-state index in [2.05, 4.69) is 99.1 Å². The van der Waals surface area contributed by atoms with E-state index in [1.54, 1.807) is 83.2 Å². The predicted octanol–water partition coefficient (Wildman–Crippen LogP) is 10.6. The van der Waals surface area contributed by atoms with Gasteiger partial charge < -0.3 is 119 Å². The molecule has 0 radical (unpaired) electrons. The lowest BCUT2D eigenvalue weighted by molar-refractivity contribution is -0.121. The Kier molecular flexibility index (Phi) is 45.0.